The van der Waals surface area contributed by atoms with E-state index in [0.29, 0.717) is 11.1 Å². The first-order valence-electron chi connectivity index (χ1n) is 5.71. The van der Waals surface area contributed by atoms with Crippen LogP contribution in [0.5, 0.6) is 0 Å². The Kier molecular flexibility index (Phi) is 3.98. The van der Waals surface area contributed by atoms with E-state index >= 15 is 0 Å². The largest absolute Gasteiger partial charge is 0.384 e. The van der Waals surface area contributed by atoms with E-state index in [1.807, 2.05) is 6.07 Å². The number of pyridine rings is 1. The molecule has 1 heterocycles. The van der Waals surface area contributed by atoms with Crippen LogP contribution < -0.4 is 10.5 Å². The van der Waals surface area contributed by atoms with Crippen LogP contribution in [0.4, 0.5) is 5.82 Å². The number of rotatable bonds is 4. The highest BCUT2D eigenvalue weighted by Gasteiger charge is 2.13. The summed E-state index contributed by atoms with van der Waals surface area (Å²) in [5.74, 6) is 0.255. The van der Waals surface area contributed by atoms with E-state index in [9.17, 15) is 8.42 Å². The molecule has 0 saturated carbocycles. The third-order valence-corrected chi connectivity index (χ3v) is 3.98. The lowest BCUT2D eigenvalue weighted by atomic mass is 10.1. The molecule has 0 bridgehead atoms. The van der Waals surface area contributed by atoms with Gasteiger partial charge in [-0.05, 0) is 29.8 Å². The number of nitriles is 1. The molecule has 0 aliphatic heterocycles. The lowest BCUT2D eigenvalue weighted by Gasteiger charge is -2.07. The molecule has 0 amide bonds. The van der Waals surface area contributed by atoms with E-state index in [1.165, 1.54) is 18.3 Å². The number of sulfonamides is 1. The molecule has 0 aliphatic carbocycles. The molecule has 3 N–H and O–H groups in total. The predicted octanol–water partition coefficient (Wildman–Crippen LogP) is 1.01. The normalized spacial score (nSPS) is 10.9. The van der Waals surface area contributed by atoms with Crippen molar-refractivity contribution in [3.63, 3.8) is 0 Å². The summed E-state index contributed by atoms with van der Waals surface area (Å²) in [6, 6.07) is 11.5. The summed E-state index contributed by atoms with van der Waals surface area (Å²) >= 11 is 0. The zero-order chi connectivity index (χ0) is 14.6. The molecule has 2 rings (SSSR count). The predicted molar refractivity (Wildman–Crippen MR) is 73.8 cm³/mol. The fourth-order valence-electron chi connectivity index (χ4n) is 1.56. The van der Waals surface area contributed by atoms with Crippen molar-refractivity contribution in [2.24, 2.45) is 0 Å². The van der Waals surface area contributed by atoms with Crippen molar-refractivity contribution in [1.29, 1.82) is 5.26 Å². The van der Waals surface area contributed by atoms with Crippen LogP contribution >= 0.6 is 0 Å². The number of nitrogens with one attached hydrogen (secondary N) is 1. The van der Waals surface area contributed by atoms with Gasteiger partial charge in [-0.3, -0.25) is 0 Å². The Morgan fingerprint density at radius 3 is 2.75 bits per heavy atom. The Labute approximate surface area is 116 Å². The average Bonchev–Trinajstić information content (AvgIpc) is 2.46. The standard InChI is InChI=1S/C13H12N4O2S/c14-7-10-2-1-3-11(6-10)8-17-20(18,19)12-4-5-13(15)16-9-12/h1-6,9,17H,8H2,(H2,15,16). The van der Waals surface area contributed by atoms with Crippen LogP contribution in [0.2, 0.25) is 0 Å². The Balaban J connectivity index is 2.13. The van der Waals surface area contributed by atoms with Crippen molar-refractivity contribution >= 4 is 15.8 Å². The van der Waals surface area contributed by atoms with Crippen molar-refractivity contribution in [3.05, 3.63) is 53.7 Å². The van der Waals surface area contributed by atoms with Gasteiger partial charge in [0.2, 0.25) is 10.0 Å². The highest BCUT2D eigenvalue weighted by atomic mass is 32.2. The van der Waals surface area contributed by atoms with Crippen molar-refractivity contribution < 1.29 is 8.42 Å². The highest BCUT2D eigenvalue weighted by molar-refractivity contribution is 7.89. The first-order valence-corrected chi connectivity index (χ1v) is 7.20. The number of benzene rings is 1. The van der Waals surface area contributed by atoms with E-state index in [0.717, 1.165) is 0 Å². The summed E-state index contributed by atoms with van der Waals surface area (Å²) < 4.78 is 26.5. The van der Waals surface area contributed by atoms with Gasteiger partial charge in [-0.1, -0.05) is 12.1 Å². The van der Waals surface area contributed by atoms with Gasteiger partial charge < -0.3 is 5.73 Å². The maximum atomic E-state index is 12.0. The van der Waals surface area contributed by atoms with Crippen LogP contribution in [0, 0.1) is 11.3 Å². The third kappa shape index (κ3) is 3.32. The van der Waals surface area contributed by atoms with Crippen LogP contribution in [-0.4, -0.2) is 13.4 Å². The maximum absolute atomic E-state index is 12.0. The molecule has 0 unspecified atom stereocenters. The van der Waals surface area contributed by atoms with Gasteiger partial charge in [-0.2, -0.15) is 5.26 Å². The smallest absolute Gasteiger partial charge is 0.242 e. The Bertz CT molecular complexity index is 749. The SMILES string of the molecule is N#Cc1cccc(CNS(=O)(=O)c2ccc(N)nc2)c1. The minimum atomic E-state index is -3.65. The number of hydrogen-bond acceptors (Lipinski definition) is 5. The summed E-state index contributed by atoms with van der Waals surface area (Å²) in [5, 5.41) is 8.79. The molecule has 0 aliphatic rings. The van der Waals surface area contributed by atoms with Crippen molar-refractivity contribution in [2.45, 2.75) is 11.4 Å². The van der Waals surface area contributed by atoms with Crippen molar-refractivity contribution in [2.75, 3.05) is 5.73 Å². The molecule has 0 saturated heterocycles. The summed E-state index contributed by atoms with van der Waals surface area (Å²) in [6.07, 6.45) is 1.20. The zero-order valence-electron chi connectivity index (χ0n) is 10.4. The Morgan fingerprint density at radius 2 is 2.10 bits per heavy atom. The first-order chi connectivity index (χ1) is 9.51. The zero-order valence-corrected chi connectivity index (χ0v) is 11.3. The van der Waals surface area contributed by atoms with Crippen LogP contribution in [0.25, 0.3) is 0 Å². The number of nitrogen functional groups attached to an aromatic ring is 1. The summed E-state index contributed by atoms with van der Waals surface area (Å²) in [4.78, 5) is 3.79. The molecule has 20 heavy (non-hydrogen) atoms. The number of anilines is 1. The van der Waals surface area contributed by atoms with Gasteiger partial charge in [0.05, 0.1) is 11.6 Å². The second-order valence-corrected chi connectivity index (χ2v) is 5.82. The molecule has 1 aromatic heterocycles. The molecule has 1 aromatic carbocycles. The fourth-order valence-corrected chi connectivity index (χ4v) is 2.53. The second kappa shape index (κ2) is 5.69. The topological polar surface area (TPSA) is 109 Å². The Morgan fingerprint density at radius 1 is 1.30 bits per heavy atom. The molecule has 0 atom stereocenters. The molecular weight excluding hydrogens is 276 g/mol. The maximum Gasteiger partial charge on any atom is 0.242 e. The van der Waals surface area contributed by atoms with E-state index < -0.39 is 10.0 Å². The molecule has 2 aromatic rings. The van der Waals surface area contributed by atoms with Gasteiger partial charge in [0.15, 0.2) is 0 Å². The van der Waals surface area contributed by atoms with Crippen LogP contribution in [0.15, 0.2) is 47.5 Å². The lowest BCUT2D eigenvalue weighted by Crippen LogP contribution is -2.23. The number of nitrogens with two attached hydrogens (primary N) is 1. The lowest BCUT2D eigenvalue weighted by molar-refractivity contribution is 0.581. The quantitative estimate of drug-likeness (QED) is 0.872. The van der Waals surface area contributed by atoms with E-state index in [4.69, 9.17) is 11.0 Å². The third-order valence-electron chi connectivity index (χ3n) is 2.59. The molecule has 0 spiro atoms. The van der Waals surface area contributed by atoms with Gasteiger partial charge in [-0.25, -0.2) is 18.1 Å². The van der Waals surface area contributed by atoms with Gasteiger partial charge in [0, 0.05) is 12.7 Å². The molecule has 7 heteroatoms. The summed E-state index contributed by atoms with van der Waals surface area (Å²) in [7, 11) is -3.65. The van der Waals surface area contributed by atoms with Gasteiger partial charge >= 0.3 is 0 Å². The molecule has 6 nitrogen and oxygen atoms in total. The minimum absolute atomic E-state index is 0.0446. The van der Waals surface area contributed by atoms with Gasteiger partial charge in [-0.15, -0.1) is 0 Å². The molecular formula is C13H12N4O2S. The summed E-state index contributed by atoms with van der Waals surface area (Å²) in [5.41, 5.74) is 6.60. The first kappa shape index (κ1) is 14.0. The van der Waals surface area contributed by atoms with Gasteiger partial charge in [0.25, 0.3) is 0 Å². The van der Waals surface area contributed by atoms with E-state index in [2.05, 4.69) is 9.71 Å². The van der Waals surface area contributed by atoms with Crippen LogP contribution in [-0.2, 0) is 16.6 Å². The van der Waals surface area contributed by atoms with E-state index in [-0.39, 0.29) is 17.3 Å². The Hall–Kier alpha value is -2.43. The fraction of sp³-hybridized carbons (Fsp3) is 0.0769. The van der Waals surface area contributed by atoms with Crippen molar-refractivity contribution in [3.8, 4) is 6.07 Å². The van der Waals surface area contributed by atoms with Gasteiger partial charge in [0.1, 0.15) is 10.7 Å². The average molecular weight is 288 g/mol. The molecule has 0 radical (unpaired) electrons. The number of aromatic nitrogens is 1. The number of nitrogens with zero attached hydrogens (tertiary/aromatic N) is 2. The molecule has 102 valence electrons. The molecule has 0 fully saturated rings. The highest BCUT2D eigenvalue weighted by Crippen LogP contribution is 2.10. The monoisotopic (exact) mass is 288 g/mol. The second-order valence-electron chi connectivity index (χ2n) is 4.06. The minimum Gasteiger partial charge on any atom is -0.384 e. The number of hydrogen-bond donors (Lipinski definition) is 2. The summed E-state index contributed by atoms with van der Waals surface area (Å²) in [6.45, 7) is 0.0994. The van der Waals surface area contributed by atoms with Crippen LogP contribution in [0.3, 0.4) is 0 Å². The van der Waals surface area contributed by atoms with Crippen molar-refractivity contribution in [1.82, 2.24) is 9.71 Å². The van der Waals surface area contributed by atoms with E-state index in [1.54, 1.807) is 24.3 Å². The van der Waals surface area contributed by atoms with Crippen LogP contribution in [0.1, 0.15) is 11.1 Å².